The van der Waals surface area contributed by atoms with Crippen molar-refractivity contribution < 1.29 is 9.53 Å². The van der Waals surface area contributed by atoms with Crippen molar-refractivity contribution in [1.29, 1.82) is 0 Å². The van der Waals surface area contributed by atoms with E-state index in [0.29, 0.717) is 18.0 Å². The van der Waals surface area contributed by atoms with E-state index in [4.69, 9.17) is 4.74 Å². The van der Waals surface area contributed by atoms with Crippen LogP contribution >= 0.6 is 0 Å². The lowest BCUT2D eigenvalue weighted by atomic mass is 10.1. The number of hydrogen-bond donors (Lipinski definition) is 1. The molecule has 1 fully saturated rings. The van der Waals surface area contributed by atoms with Crippen molar-refractivity contribution in [3.05, 3.63) is 83.7 Å². The number of amides is 1. The average Bonchev–Trinajstić information content (AvgIpc) is 2.84. The van der Waals surface area contributed by atoms with Gasteiger partial charge >= 0.3 is 0 Å². The van der Waals surface area contributed by atoms with E-state index in [-0.39, 0.29) is 12.0 Å². The molecule has 0 spiro atoms. The molecule has 7 heteroatoms. The third kappa shape index (κ3) is 5.62. The van der Waals surface area contributed by atoms with E-state index < -0.39 is 0 Å². The Morgan fingerprint density at radius 3 is 2.44 bits per heavy atom. The van der Waals surface area contributed by atoms with Crippen LogP contribution in [0, 0.1) is 0 Å². The number of nitrogens with one attached hydrogen (secondary N) is 1. The van der Waals surface area contributed by atoms with E-state index in [2.05, 4.69) is 32.1 Å². The van der Waals surface area contributed by atoms with Crippen LogP contribution in [-0.4, -0.2) is 54.0 Å². The largest absolute Gasteiger partial charge is 0.470 e. The summed E-state index contributed by atoms with van der Waals surface area (Å²) in [7, 11) is 2.14. The molecule has 4 rings (SSSR count). The summed E-state index contributed by atoms with van der Waals surface area (Å²) in [5.41, 5.74) is 2.52. The molecule has 2 aromatic heterocycles. The second-order valence-electron chi connectivity index (χ2n) is 8.05. The summed E-state index contributed by atoms with van der Waals surface area (Å²) in [5, 5.41) is 2.93. The second-order valence-corrected chi connectivity index (χ2v) is 8.05. The minimum absolute atomic E-state index is 0.121. The minimum atomic E-state index is -0.177. The van der Waals surface area contributed by atoms with Gasteiger partial charge in [0.15, 0.2) is 0 Å². The van der Waals surface area contributed by atoms with E-state index >= 15 is 0 Å². The summed E-state index contributed by atoms with van der Waals surface area (Å²) < 4.78 is 5.87. The molecule has 1 N–H and O–H groups in total. The molecule has 1 aliphatic heterocycles. The lowest BCUT2D eigenvalue weighted by molar-refractivity contribution is 0.0950. The molecule has 32 heavy (non-hydrogen) atoms. The Hall–Kier alpha value is -3.45. The Kier molecular flexibility index (Phi) is 6.97. The SMILES string of the molecule is C[C@@H](Oc1ccc(C(=O)NCc2ccc(N3CCN(C)CC3)nc2)cn1)c1ccccc1. The number of likely N-dealkylation sites (N-methyl/N-ethyl adjacent to an activating group) is 1. The van der Waals surface area contributed by atoms with Gasteiger partial charge in [-0.2, -0.15) is 0 Å². The highest BCUT2D eigenvalue weighted by molar-refractivity contribution is 5.93. The lowest BCUT2D eigenvalue weighted by Gasteiger charge is -2.33. The van der Waals surface area contributed by atoms with Crippen molar-refractivity contribution in [1.82, 2.24) is 20.2 Å². The quantitative estimate of drug-likeness (QED) is 0.619. The predicted molar refractivity (Wildman–Crippen MR) is 125 cm³/mol. The van der Waals surface area contributed by atoms with Gasteiger partial charge in [0.05, 0.1) is 5.56 Å². The zero-order chi connectivity index (χ0) is 22.3. The van der Waals surface area contributed by atoms with Gasteiger partial charge in [0, 0.05) is 51.2 Å². The topological polar surface area (TPSA) is 70.6 Å². The molecular weight excluding hydrogens is 402 g/mol. The zero-order valence-corrected chi connectivity index (χ0v) is 18.6. The van der Waals surface area contributed by atoms with Crippen LogP contribution in [0.3, 0.4) is 0 Å². The van der Waals surface area contributed by atoms with Gasteiger partial charge in [-0.15, -0.1) is 0 Å². The van der Waals surface area contributed by atoms with Crippen LogP contribution in [0.2, 0.25) is 0 Å². The van der Waals surface area contributed by atoms with Crippen molar-refractivity contribution in [3.8, 4) is 5.88 Å². The molecule has 3 aromatic rings. The Morgan fingerprint density at radius 1 is 1.00 bits per heavy atom. The second kappa shape index (κ2) is 10.2. The number of rotatable bonds is 7. The van der Waals surface area contributed by atoms with Crippen LogP contribution in [0.5, 0.6) is 5.88 Å². The maximum atomic E-state index is 12.5. The number of pyridine rings is 2. The zero-order valence-electron chi connectivity index (χ0n) is 18.6. The third-order valence-electron chi connectivity index (χ3n) is 5.65. The smallest absolute Gasteiger partial charge is 0.253 e. The Balaban J connectivity index is 1.27. The molecule has 1 aliphatic rings. The monoisotopic (exact) mass is 431 g/mol. The van der Waals surface area contributed by atoms with Gasteiger partial charge in [-0.05, 0) is 37.2 Å². The molecule has 1 aromatic carbocycles. The third-order valence-corrected chi connectivity index (χ3v) is 5.65. The number of benzene rings is 1. The lowest BCUT2D eigenvalue weighted by Crippen LogP contribution is -2.44. The first-order valence-electron chi connectivity index (χ1n) is 10.9. The Bertz CT molecular complexity index is 1000. The van der Waals surface area contributed by atoms with Gasteiger partial charge in [0.2, 0.25) is 5.88 Å². The van der Waals surface area contributed by atoms with Gasteiger partial charge in [-0.1, -0.05) is 36.4 Å². The Morgan fingerprint density at radius 2 is 1.78 bits per heavy atom. The maximum absolute atomic E-state index is 12.5. The van der Waals surface area contributed by atoms with Crippen LogP contribution in [0.25, 0.3) is 0 Å². The summed E-state index contributed by atoms with van der Waals surface area (Å²) in [6.07, 6.45) is 3.25. The van der Waals surface area contributed by atoms with Crippen LogP contribution in [0.15, 0.2) is 67.0 Å². The van der Waals surface area contributed by atoms with Crippen LogP contribution < -0.4 is 15.0 Å². The number of piperazine rings is 1. The van der Waals surface area contributed by atoms with Crippen LogP contribution in [-0.2, 0) is 6.54 Å². The summed E-state index contributed by atoms with van der Waals surface area (Å²) in [5.74, 6) is 1.29. The molecule has 0 aliphatic carbocycles. The van der Waals surface area contributed by atoms with Crippen LogP contribution in [0.1, 0.15) is 34.5 Å². The summed E-state index contributed by atoms with van der Waals surface area (Å²) in [4.78, 5) is 26.0. The highest BCUT2D eigenvalue weighted by atomic mass is 16.5. The number of nitrogens with zero attached hydrogens (tertiary/aromatic N) is 4. The number of aromatic nitrogens is 2. The fraction of sp³-hybridized carbons (Fsp3) is 0.320. The molecule has 0 unspecified atom stereocenters. The molecule has 1 saturated heterocycles. The van der Waals surface area contributed by atoms with Crippen molar-refractivity contribution in [2.45, 2.75) is 19.6 Å². The van der Waals surface area contributed by atoms with E-state index in [1.54, 1.807) is 12.1 Å². The molecule has 1 atom stereocenters. The first-order chi connectivity index (χ1) is 15.6. The highest BCUT2D eigenvalue weighted by Crippen LogP contribution is 2.20. The van der Waals surface area contributed by atoms with E-state index in [1.807, 2.05) is 55.6 Å². The molecule has 7 nitrogen and oxygen atoms in total. The Labute approximate surface area is 189 Å². The maximum Gasteiger partial charge on any atom is 0.253 e. The standard InChI is InChI=1S/C25H29N5O2/c1-19(21-6-4-3-5-7-21)32-24-11-9-22(18-27-24)25(31)28-17-20-8-10-23(26-16-20)30-14-12-29(2)13-15-30/h3-11,16,18-19H,12-15,17H2,1-2H3,(H,28,31)/t19-/m1/s1. The van der Waals surface area contributed by atoms with Gasteiger partial charge in [-0.3, -0.25) is 4.79 Å². The number of carbonyl (C=O) groups excluding carboxylic acids is 1. The molecule has 166 valence electrons. The average molecular weight is 432 g/mol. The molecule has 1 amide bonds. The number of carbonyl (C=O) groups is 1. The summed E-state index contributed by atoms with van der Waals surface area (Å²) in [6, 6.07) is 17.4. The van der Waals surface area contributed by atoms with Crippen molar-refractivity contribution in [3.63, 3.8) is 0 Å². The number of anilines is 1. The minimum Gasteiger partial charge on any atom is -0.470 e. The van der Waals surface area contributed by atoms with Gasteiger partial charge in [0.1, 0.15) is 11.9 Å². The van der Waals surface area contributed by atoms with Gasteiger partial charge < -0.3 is 19.9 Å². The predicted octanol–water partition coefficient (Wildman–Crippen LogP) is 3.30. The van der Waals surface area contributed by atoms with E-state index in [9.17, 15) is 4.79 Å². The molecule has 0 saturated carbocycles. The summed E-state index contributed by atoms with van der Waals surface area (Å²) in [6.45, 7) is 6.44. The van der Waals surface area contributed by atoms with Crippen molar-refractivity contribution in [2.24, 2.45) is 0 Å². The van der Waals surface area contributed by atoms with Gasteiger partial charge in [-0.25, -0.2) is 9.97 Å². The molecule has 3 heterocycles. The summed E-state index contributed by atoms with van der Waals surface area (Å²) >= 11 is 0. The van der Waals surface area contributed by atoms with Crippen molar-refractivity contribution >= 4 is 11.7 Å². The number of hydrogen-bond acceptors (Lipinski definition) is 6. The van der Waals surface area contributed by atoms with E-state index in [1.165, 1.54) is 6.20 Å². The first-order valence-corrected chi connectivity index (χ1v) is 10.9. The van der Waals surface area contributed by atoms with Crippen molar-refractivity contribution in [2.75, 3.05) is 38.1 Å². The van der Waals surface area contributed by atoms with Crippen LogP contribution in [0.4, 0.5) is 5.82 Å². The highest BCUT2D eigenvalue weighted by Gasteiger charge is 2.15. The van der Waals surface area contributed by atoms with Gasteiger partial charge in [0.25, 0.3) is 5.91 Å². The van der Waals surface area contributed by atoms with E-state index in [0.717, 1.165) is 43.1 Å². The fourth-order valence-electron chi connectivity index (χ4n) is 3.59. The molecular formula is C25H29N5O2. The first kappa shape index (κ1) is 21.8. The number of ether oxygens (including phenoxy) is 1. The normalized spacial score (nSPS) is 15.2. The molecule has 0 bridgehead atoms. The fourth-order valence-corrected chi connectivity index (χ4v) is 3.59. The molecule has 0 radical (unpaired) electrons.